The summed E-state index contributed by atoms with van der Waals surface area (Å²) < 4.78 is 6.24. The lowest BCUT2D eigenvalue weighted by Crippen LogP contribution is -2.41. The fourth-order valence-electron chi connectivity index (χ4n) is 1.85. The topological polar surface area (TPSA) is 58.6 Å². The molecule has 0 aromatic heterocycles. The Bertz CT molecular complexity index is 470. The first-order chi connectivity index (χ1) is 9.96. The van der Waals surface area contributed by atoms with Gasteiger partial charge in [0, 0.05) is 16.4 Å². The number of hydrogen-bond acceptors (Lipinski definition) is 3. The van der Waals surface area contributed by atoms with Crippen LogP contribution in [0.15, 0.2) is 22.7 Å². The van der Waals surface area contributed by atoms with Crippen LogP contribution in [0.4, 0.5) is 0 Å². The van der Waals surface area contributed by atoms with Crippen LogP contribution in [0.5, 0.6) is 5.75 Å². The van der Waals surface area contributed by atoms with Crippen molar-refractivity contribution in [3.63, 3.8) is 0 Å². The Balaban J connectivity index is 2.47. The van der Waals surface area contributed by atoms with Crippen molar-refractivity contribution in [1.82, 2.24) is 5.32 Å². The highest BCUT2D eigenvalue weighted by Gasteiger charge is 2.25. The van der Waals surface area contributed by atoms with E-state index in [9.17, 15) is 9.90 Å². The van der Waals surface area contributed by atoms with Crippen LogP contribution in [-0.4, -0.2) is 30.8 Å². The molecule has 21 heavy (non-hydrogen) atoms. The summed E-state index contributed by atoms with van der Waals surface area (Å²) in [6.45, 7) is 4.40. The van der Waals surface area contributed by atoms with E-state index in [0.717, 1.165) is 17.3 Å². The molecule has 1 aromatic rings. The largest absolute Gasteiger partial charge is 0.482 e. The molecule has 0 radical (unpaired) electrons. The Hall–Kier alpha value is -0.780. The molecule has 0 unspecified atom stereocenters. The van der Waals surface area contributed by atoms with Crippen LogP contribution in [0.3, 0.4) is 0 Å². The van der Waals surface area contributed by atoms with Crippen molar-refractivity contribution in [2.24, 2.45) is 5.41 Å². The average molecular weight is 379 g/mol. The van der Waals surface area contributed by atoms with Crippen LogP contribution in [0.25, 0.3) is 0 Å². The van der Waals surface area contributed by atoms with Crippen LogP contribution >= 0.6 is 27.5 Å². The van der Waals surface area contributed by atoms with Crippen molar-refractivity contribution in [3.8, 4) is 5.75 Å². The fourth-order valence-corrected chi connectivity index (χ4v) is 2.58. The zero-order chi connectivity index (χ0) is 15.9. The number of benzene rings is 1. The molecule has 1 rings (SSSR count). The summed E-state index contributed by atoms with van der Waals surface area (Å²) in [5, 5.41) is 12.7. The smallest absolute Gasteiger partial charge is 0.257 e. The van der Waals surface area contributed by atoms with Crippen LogP contribution in [0.2, 0.25) is 5.02 Å². The van der Waals surface area contributed by atoms with Gasteiger partial charge in [-0.25, -0.2) is 0 Å². The van der Waals surface area contributed by atoms with E-state index in [2.05, 4.69) is 21.2 Å². The van der Waals surface area contributed by atoms with E-state index in [-0.39, 0.29) is 24.5 Å². The summed E-state index contributed by atoms with van der Waals surface area (Å²) in [4.78, 5) is 11.8. The Morgan fingerprint density at radius 3 is 2.62 bits per heavy atom. The normalized spacial score (nSPS) is 11.3. The van der Waals surface area contributed by atoms with Crippen molar-refractivity contribution < 1.29 is 14.6 Å². The molecule has 0 saturated heterocycles. The number of carbonyl (C=O) groups is 1. The number of halogens is 2. The SMILES string of the molecule is CCC(CC)(CO)CNC(=O)COc1ccc(Br)cc1Cl. The molecular formula is C15H21BrClNO3. The van der Waals surface area contributed by atoms with Gasteiger partial charge in [-0.05, 0) is 31.0 Å². The maximum atomic E-state index is 11.8. The Morgan fingerprint density at radius 2 is 2.10 bits per heavy atom. The van der Waals surface area contributed by atoms with Gasteiger partial charge in [0.15, 0.2) is 6.61 Å². The molecule has 0 saturated carbocycles. The zero-order valence-electron chi connectivity index (χ0n) is 12.3. The minimum atomic E-state index is -0.259. The highest BCUT2D eigenvalue weighted by atomic mass is 79.9. The van der Waals surface area contributed by atoms with E-state index in [1.807, 2.05) is 13.8 Å². The molecule has 1 amide bonds. The third kappa shape index (κ3) is 5.49. The van der Waals surface area contributed by atoms with Gasteiger partial charge in [0.25, 0.3) is 5.91 Å². The molecule has 0 aliphatic heterocycles. The predicted octanol–water partition coefficient (Wildman–Crippen LogP) is 3.40. The van der Waals surface area contributed by atoms with Crippen LogP contribution < -0.4 is 10.1 Å². The van der Waals surface area contributed by atoms with E-state index in [4.69, 9.17) is 16.3 Å². The molecule has 118 valence electrons. The number of hydrogen-bond donors (Lipinski definition) is 2. The molecule has 0 aliphatic carbocycles. The van der Waals surface area contributed by atoms with Gasteiger partial charge < -0.3 is 15.2 Å². The van der Waals surface area contributed by atoms with E-state index >= 15 is 0 Å². The summed E-state index contributed by atoms with van der Waals surface area (Å²) in [6.07, 6.45) is 1.61. The molecule has 1 aromatic carbocycles. The van der Waals surface area contributed by atoms with Gasteiger partial charge in [0.1, 0.15) is 5.75 Å². The standard InChI is InChI=1S/C15H21BrClNO3/c1-3-15(4-2,10-19)9-18-14(20)8-21-13-6-5-11(16)7-12(13)17/h5-7,19H,3-4,8-10H2,1-2H3,(H,18,20). The second kappa shape index (κ2) is 8.61. The van der Waals surface area contributed by atoms with Gasteiger partial charge in [-0.2, -0.15) is 0 Å². The molecule has 0 bridgehead atoms. The molecule has 0 fully saturated rings. The Morgan fingerprint density at radius 1 is 1.43 bits per heavy atom. The van der Waals surface area contributed by atoms with Gasteiger partial charge in [-0.15, -0.1) is 0 Å². The first-order valence-electron chi connectivity index (χ1n) is 6.91. The van der Waals surface area contributed by atoms with Gasteiger partial charge in [0.05, 0.1) is 11.6 Å². The van der Waals surface area contributed by atoms with Crippen molar-refractivity contribution in [1.29, 1.82) is 0 Å². The maximum Gasteiger partial charge on any atom is 0.257 e. The summed E-state index contributed by atoms with van der Waals surface area (Å²) in [5.41, 5.74) is -0.259. The first-order valence-corrected chi connectivity index (χ1v) is 8.09. The van der Waals surface area contributed by atoms with Crippen molar-refractivity contribution in [3.05, 3.63) is 27.7 Å². The van der Waals surface area contributed by atoms with Crippen molar-refractivity contribution >= 4 is 33.4 Å². The molecule has 6 heteroatoms. The number of carbonyl (C=O) groups excluding carboxylic acids is 1. The second-order valence-electron chi connectivity index (χ2n) is 5.01. The van der Waals surface area contributed by atoms with E-state index in [1.165, 1.54) is 0 Å². The van der Waals surface area contributed by atoms with Crippen molar-refractivity contribution in [2.45, 2.75) is 26.7 Å². The summed E-state index contributed by atoms with van der Waals surface area (Å²) in [7, 11) is 0. The summed E-state index contributed by atoms with van der Waals surface area (Å²) in [6, 6.07) is 5.21. The van der Waals surface area contributed by atoms with E-state index in [1.54, 1.807) is 18.2 Å². The predicted molar refractivity (Wildman–Crippen MR) is 87.8 cm³/mol. The number of nitrogens with one attached hydrogen (secondary N) is 1. The molecule has 0 atom stereocenters. The zero-order valence-corrected chi connectivity index (χ0v) is 14.6. The number of aliphatic hydroxyl groups is 1. The van der Waals surface area contributed by atoms with Crippen LogP contribution in [0.1, 0.15) is 26.7 Å². The van der Waals surface area contributed by atoms with E-state index in [0.29, 0.717) is 17.3 Å². The molecule has 0 spiro atoms. The quantitative estimate of drug-likeness (QED) is 0.729. The lowest BCUT2D eigenvalue weighted by atomic mass is 9.83. The second-order valence-corrected chi connectivity index (χ2v) is 6.33. The third-order valence-corrected chi connectivity index (χ3v) is 4.54. The number of amides is 1. The highest BCUT2D eigenvalue weighted by Crippen LogP contribution is 2.27. The summed E-state index contributed by atoms with van der Waals surface area (Å²) >= 11 is 9.31. The number of ether oxygens (including phenoxy) is 1. The van der Waals surface area contributed by atoms with Crippen LogP contribution in [0, 0.1) is 5.41 Å². The summed E-state index contributed by atoms with van der Waals surface area (Å²) in [5.74, 6) is 0.239. The minimum Gasteiger partial charge on any atom is -0.482 e. The Kier molecular flexibility index (Phi) is 7.49. The third-order valence-electron chi connectivity index (χ3n) is 3.75. The average Bonchev–Trinajstić information content (AvgIpc) is 2.48. The Labute approximate surface area is 139 Å². The lowest BCUT2D eigenvalue weighted by Gasteiger charge is -2.29. The highest BCUT2D eigenvalue weighted by molar-refractivity contribution is 9.10. The maximum absolute atomic E-state index is 11.8. The monoisotopic (exact) mass is 377 g/mol. The van der Waals surface area contributed by atoms with Crippen molar-refractivity contribution in [2.75, 3.05) is 19.8 Å². The van der Waals surface area contributed by atoms with E-state index < -0.39 is 0 Å². The number of rotatable bonds is 8. The fraction of sp³-hybridized carbons (Fsp3) is 0.533. The molecule has 4 nitrogen and oxygen atoms in total. The first kappa shape index (κ1) is 18.3. The van der Waals surface area contributed by atoms with Gasteiger partial charge >= 0.3 is 0 Å². The molecule has 0 aliphatic rings. The van der Waals surface area contributed by atoms with Crippen LogP contribution in [-0.2, 0) is 4.79 Å². The number of aliphatic hydroxyl groups excluding tert-OH is 1. The molecular weight excluding hydrogens is 358 g/mol. The minimum absolute atomic E-state index is 0.0552. The lowest BCUT2D eigenvalue weighted by molar-refractivity contribution is -0.123. The van der Waals surface area contributed by atoms with Gasteiger partial charge in [0.2, 0.25) is 0 Å². The van der Waals surface area contributed by atoms with Gasteiger partial charge in [-0.1, -0.05) is 41.4 Å². The molecule has 0 heterocycles. The van der Waals surface area contributed by atoms with Gasteiger partial charge in [-0.3, -0.25) is 4.79 Å². The molecule has 2 N–H and O–H groups in total.